The molecule has 0 spiro atoms. The number of carbonyl (C=O) groups is 1. The Balaban J connectivity index is 1.85. The number of benzene rings is 2. The third kappa shape index (κ3) is 5.12. The average molecular weight is 480 g/mol. The van der Waals surface area contributed by atoms with Gasteiger partial charge in [-0.05, 0) is 45.0 Å². The van der Waals surface area contributed by atoms with Crippen molar-refractivity contribution >= 4 is 27.0 Å². The van der Waals surface area contributed by atoms with Gasteiger partial charge in [-0.3, -0.25) is 14.8 Å². The van der Waals surface area contributed by atoms with Crippen LogP contribution in [-0.2, 0) is 17.1 Å². The van der Waals surface area contributed by atoms with Crippen LogP contribution < -0.4 is 30.2 Å². The van der Waals surface area contributed by atoms with Gasteiger partial charge in [-0.15, -0.1) is 4.83 Å². The van der Waals surface area contributed by atoms with Crippen LogP contribution in [0.4, 0.5) is 0 Å². The van der Waals surface area contributed by atoms with E-state index < -0.39 is 21.7 Å². The van der Waals surface area contributed by atoms with Crippen molar-refractivity contribution < 1.29 is 31.8 Å². The number of nitrogens with one attached hydrogen (secondary N) is 2. The number of amides is 1. The van der Waals surface area contributed by atoms with Crippen molar-refractivity contribution in [2.75, 3.05) is 19.8 Å². The molecule has 1 aromatic heterocycles. The number of nitrogens with zero attached hydrogens (tertiary/aromatic N) is 1. The minimum atomic E-state index is -4.16. The van der Waals surface area contributed by atoms with E-state index in [2.05, 4.69) is 5.43 Å². The number of hydrogen-bond donors (Lipinski definition) is 2. The third-order valence-electron chi connectivity index (χ3n) is 4.54. The number of aryl methyl sites for hydroxylation is 1. The highest BCUT2D eigenvalue weighted by Crippen LogP contribution is 2.39. The molecule has 0 saturated carbocycles. The van der Waals surface area contributed by atoms with Gasteiger partial charge in [0.2, 0.25) is 5.75 Å². The molecule has 0 aliphatic rings. The van der Waals surface area contributed by atoms with Crippen LogP contribution in [0.15, 0.2) is 44.4 Å². The first kappa shape index (κ1) is 24.1. The molecular formula is C21H25N3O8S. The zero-order valence-electron chi connectivity index (χ0n) is 18.6. The van der Waals surface area contributed by atoms with Gasteiger partial charge in [-0.2, -0.15) is 0 Å². The van der Waals surface area contributed by atoms with Crippen molar-refractivity contribution in [3.8, 4) is 17.2 Å². The Labute approximate surface area is 190 Å². The van der Waals surface area contributed by atoms with E-state index in [-0.39, 0.29) is 16.0 Å². The van der Waals surface area contributed by atoms with E-state index in [9.17, 15) is 18.0 Å². The number of rotatable bonds is 10. The van der Waals surface area contributed by atoms with E-state index in [1.165, 1.54) is 41.9 Å². The van der Waals surface area contributed by atoms with Crippen molar-refractivity contribution in [3.63, 3.8) is 0 Å². The molecule has 0 aliphatic carbocycles. The lowest BCUT2D eigenvalue weighted by Crippen LogP contribution is -2.41. The van der Waals surface area contributed by atoms with Crippen molar-refractivity contribution in [3.05, 3.63) is 46.4 Å². The zero-order valence-corrected chi connectivity index (χ0v) is 19.4. The molecule has 0 fully saturated rings. The average Bonchev–Trinajstić information content (AvgIpc) is 3.07. The summed E-state index contributed by atoms with van der Waals surface area (Å²) in [7, 11) is -2.65. The fourth-order valence-electron chi connectivity index (χ4n) is 3.05. The molecule has 1 heterocycles. The van der Waals surface area contributed by atoms with Crippen LogP contribution in [0.5, 0.6) is 17.2 Å². The van der Waals surface area contributed by atoms with E-state index in [1.807, 2.05) is 4.83 Å². The number of fused-ring (bicyclic) bond motifs is 1. The number of aromatic nitrogens is 1. The van der Waals surface area contributed by atoms with Crippen LogP contribution >= 0.6 is 0 Å². The molecule has 2 N–H and O–H groups in total. The van der Waals surface area contributed by atoms with Crippen LogP contribution in [-0.4, -0.2) is 38.7 Å². The molecule has 0 bridgehead atoms. The molecule has 2 aromatic carbocycles. The largest absolute Gasteiger partial charge is 0.490 e. The van der Waals surface area contributed by atoms with Gasteiger partial charge in [0.25, 0.3) is 15.9 Å². The fraction of sp³-hybridized carbons (Fsp3) is 0.333. The summed E-state index contributed by atoms with van der Waals surface area (Å²) in [6.07, 6.45) is 0. The maximum Gasteiger partial charge on any atom is 0.419 e. The third-order valence-corrected chi connectivity index (χ3v) is 5.79. The van der Waals surface area contributed by atoms with Crippen LogP contribution in [0.3, 0.4) is 0 Å². The molecule has 3 rings (SSSR count). The lowest BCUT2D eigenvalue weighted by Gasteiger charge is -2.17. The summed E-state index contributed by atoms with van der Waals surface area (Å²) < 4.78 is 48.3. The van der Waals surface area contributed by atoms with Gasteiger partial charge < -0.3 is 18.6 Å². The lowest BCUT2D eigenvalue weighted by atomic mass is 10.1. The fourth-order valence-corrected chi connectivity index (χ4v) is 3.90. The first-order valence-corrected chi connectivity index (χ1v) is 11.7. The van der Waals surface area contributed by atoms with E-state index in [0.29, 0.717) is 42.6 Å². The molecule has 11 nitrogen and oxygen atoms in total. The normalized spacial score (nSPS) is 11.4. The second kappa shape index (κ2) is 9.96. The molecule has 3 aromatic rings. The first-order chi connectivity index (χ1) is 15.7. The monoisotopic (exact) mass is 479 g/mol. The molecule has 0 radical (unpaired) electrons. The number of ether oxygens (including phenoxy) is 3. The molecular weight excluding hydrogens is 454 g/mol. The summed E-state index contributed by atoms with van der Waals surface area (Å²) in [6.45, 7) is 6.37. The Hall–Kier alpha value is -3.51. The van der Waals surface area contributed by atoms with Crippen LogP contribution in [0.1, 0.15) is 31.1 Å². The number of hydrazine groups is 1. The van der Waals surface area contributed by atoms with E-state index in [1.54, 1.807) is 20.8 Å². The van der Waals surface area contributed by atoms with Gasteiger partial charge in [0.15, 0.2) is 17.1 Å². The molecule has 0 atom stereocenters. The van der Waals surface area contributed by atoms with Crippen LogP contribution in [0.2, 0.25) is 0 Å². The van der Waals surface area contributed by atoms with E-state index >= 15 is 0 Å². The molecule has 12 heteroatoms. The summed E-state index contributed by atoms with van der Waals surface area (Å²) in [6, 6.07) is 6.80. The number of oxazole rings is 1. The smallest absolute Gasteiger partial charge is 0.419 e. The lowest BCUT2D eigenvalue weighted by molar-refractivity contribution is 0.0944. The summed E-state index contributed by atoms with van der Waals surface area (Å²) in [5.41, 5.74) is 2.80. The highest BCUT2D eigenvalue weighted by Gasteiger charge is 2.21. The SMILES string of the molecule is CCOc1cc(C(=O)NNS(=O)(=O)c2ccc3c(c2)oc(=O)n3C)cc(OCC)c1OCC. The number of carbonyl (C=O) groups excluding carboxylic acids is 1. The Kier molecular flexibility index (Phi) is 7.29. The summed E-state index contributed by atoms with van der Waals surface area (Å²) >= 11 is 0. The van der Waals surface area contributed by atoms with Crippen molar-refractivity contribution in [1.29, 1.82) is 0 Å². The quantitative estimate of drug-likeness (QED) is 0.421. The molecule has 33 heavy (non-hydrogen) atoms. The highest BCUT2D eigenvalue weighted by atomic mass is 32.2. The Morgan fingerprint density at radius 2 is 1.61 bits per heavy atom. The first-order valence-electron chi connectivity index (χ1n) is 10.2. The van der Waals surface area contributed by atoms with Gasteiger partial charge in [0, 0.05) is 18.7 Å². The molecule has 0 saturated heterocycles. The maximum absolute atomic E-state index is 12.7. The maximum atomic E-state index is 12.7. The van der Waals surface area contributed by atoms with Crippen molar-refractivity contribution in [2.45, 2.75) is 25.7 Å². The predicted molar refractivity (Wildman–Crippen MR) is 119 cm³/mol. The summed E-state index contributed by atoms with van der Waals surface area (Å²) in [5, 5.41) is 0. The van der Waals surface area contributed by atoms with Gasteiger partial charge in [0.1, 0.15) is 0 Å². The Bertz CT molecular complexity index is 1300. The van der Waals surface area contributed by atoms with Gasteiger partial charge in [0.05, 0.1) is 30.2 Å². The van der Waals surface area contributed by atoms with Crippen LogP contribution in [0, 0.1) is 0 Å². The molecule has 0 aliphatic heterocycles. The molecule has 178 valence electrons. The molecule has 1 amide bonds. The topological polar surface area (TPSA) is 138 Å². The number of hydrogen-bond acceptors (Lipinski definition) is 8. The van der Waals surface area contributed by atoms with Crippen LogP contribution in [0.25, 0.3) is 11.1 Å². The van der Waals surface area contributed by atoms with Gasteiger partial charge in [-0.1, -0.05) is 0 Å². The standard InChI is InChI=1S/C21H25N3O8S/c1-5-29-17-10-13(11-18(30-6-2)19(17)31-7-3)20(25)22-23-33(27,28)14-8-9-15-16(12-14)32-21(26)24(15)4/h8-12,23H,5-7H2,1-4H3,(H,22,25). The second-order valence-corrected chi connectivity index (χ2v) is 8.40. The van der Waals surface area contributed by atoms with Gasteiger partial charge >= 0.3 is 5.76 Å². The predicted octanol–water partition coefficient (Wildman–Crippen LogP) is 1.95. The van der Waals surface area contributed by atoms with Crippen molar-refractivity contribution in [2.24, 2.45) is 7.05 Å². The minimum absolute atomic E-state index is 0.0950. The van der Waals surface area contributed by atoms with E-state index in [4.69, 9.17) is 18.6 Å². The Morgan fingerprint density at radius 3 is 2.18 bits per heavy atom. The van der Waals surface area contributed by atoms with E-state index in [0.717, 1.165) is 0 Å². The molecule has 0 unspecified atom stereocenters. The zero-order chi connectivity index (χ0) is 24.2. The van der Waals surface area contributed by atoms with Crippen molar-refractivity contribution in [1.82, 2.24) is 14.8 Å². The highest BCUT2D eigenvalue weighted by molar-refractivity contribution is 7.89. The summed E-state index contributed by atoms with van der Waals surface area (Å²) in [4.78, 5) is 26.2. The number of sulfonamides is 1. The summed E-state index contributed by atoms with van der Waals surface area (Å²) in [5.74, 6) is -0.413. The minimum Gasteiger partial charge on any atom is -0.490 e. The Morgan fingerprint density at radius 1 is 1.00 bits per heavy atom. The van der Waals surface area contributed by atoms with Gasteiger partial charge in [-0.25, -0.2) is 13.2 Å². The second-order valence-electron chi connectivity index (χ2n) is 6.72.